The molecule has 3 heterocycles. The summed E-state index contributed by atoms with van der Waals surface area (Å²) in [5.41, 5.74) is 6.88. The van der Waals surface area contributed by atoms with Gasteiger partial charge in [-0.2, -0.15) is 9.78 Å². The highest BCUT2D eigenvalue weighted by molar-refractivity contribution is 6.35. The molecule has 0 fully saturated rings. The number of carbonyl (C=O) groups is 1. The van der Waals surface area contributed by atoms with Crippen molar-refractivity contribution in [3.8, 4) is 5.75 Å². The number of pyridine rings is 2. The Kier molecular flexibility index (Phi) is 8.01. The smallest absolute Gasteiger partial charge is 0.435 e. The van der Waals surface area contributed by atoms with Crippen molar-refractivity contribution in [3.05, 3.63) is 81.5 Å². The fraction of sp³-hybridized carbons (Fsp3) is 0.259. The number of halogens is 3. The summed E-state index contributed by atoms with van der Waals surface area (Å²) in [5, 5.41) is 5.55. The van der Waals surface area contributed by atoms with E-state index in [1.807, 2.05) is 0 Å². The second kappa shape index (κ2) is 11.1. The molecule has 0 saturated heterocycles. The molecular formula is C27H26Cl2FN5O3. The van der Waals surface area contributed by atoms with Gasteiger partial charge in [0.1, 0.15) is 23.3 Å². The second-order valence-electron chi connectivity index (χ2n) is 9.47. The van der Waals surface area contributed by atoms with Crippen LogP contribution in [-0.2, 0) is 11.3 Å². The van der Waals surface area contributed by atoms with Gasteiger partial charge in [0.25, 0.3) is 0 Å². The van der Waals surface area contributed by atoms with Crippen molar-refractivity contribution in [2.75, 3.05) is 0 Å². The van der Waals surface area contributed by atoms with E-state index in [4.69, 9.17) is 38.4 Å². The molecule has 0 spiro atoms. The lowest BCUT2D eigenvalue weighted by Gasteiger charge is -2.19. The van der Waals surface area contributed by atoms with Gasteiger partial charge in [0, 0.05) is 47.7 Å². The maximum Gasteiger partial charge on any atom is 0.435 e. The maximum absolute atomic E-state index is 15.2. The van der Waals surface area contributed by atoms with Crippen LogP contribution in [0, 0.1) is 0 Å². The van der Waals surface area contributed by atoms with Crippen LogP contribution in [0.3, 0.4) is 0 Å². The number of hydrogen-bond donors (Lipinski definition) is 1. The number of benzene rings is 1. The quantitative estimate of drug-likeness (QED) is 0.272. The Hall–Kier alpha value is -3.53. The van der Waals surface area contributed by atoms with Crippen LogP contribution in [0.5, 0.6) is 5.75 Å². The minimum Gasteiger partial charge on any atom is -0.486 e. The van der Waals surface area contributed by atoms with Crippen LogP contribution < -0.4 is 10.5 Å². The average molecular weight is 558 g/mol. The van der Waals surface area contributed by atoms with Gasteiger partial charge in [-0.25, -0.2) is 9.18 Å². The first-order valence-electron chi connectivity index (χ1n) is 11.7. The predicted molar refractivity (Wildman–Crippen MR) is 146 cm³/mol. The molecule has 0 radical (unpaired) electrons. The van der Waals surface area contributed by atoms with Crippen LogP contribution in [-0.4, -0.2) is 31.4 Å². The molecule has 198 valence electrons. The zero-order chi connectivity index (χ0) is 27.6. The van der Waals surface area contributed by atoms with Gasteiger partial charge >= 0.3 is 6.09 Å². The Balaban J connectivity index is 1.77. The second-order valence-corrected chi connectivity index (χ2v) is 10.3. The van der Waals surface area contributed by atoms with E-state index in [2.05, 4.69) is 15.1 Å². The first-order chi connectivity index (χ1) is 18.0. The molecule has 4 aromatic rings. The molecular weight excluding hydrogens is 532 g/mol. The molecule has 0 saturated carbocycles. The highest BCUT2D eigenvalue weighted by atomic mass is 35.5. The first-order valence-corrected chi connectivity index (χ1v) is 12.5. The standard InChI is InChI=1S/C27H26Cl2FN5O3/c1-15(25-20(28)13-32-14-21(25)29)37-18-7-8-24-19(9-18)23(34-35(24)26(36)38-27(2,3)4)10-22(30)16-5-6-17(11-31)33-12-16/h5-10,12-15H,11,31H2,1-4H3/b22-10-. The molecule has 0 amide bonds. The molecule has 1 unspecified atom stereocenters. The van der Waals surface area contributed by atoms with Gasteiger partial charge in [-0.05, 0) is 58.0 Å². The van der Waals surface area contributed by atoms with E-state index in [0.717, 1.165) is 4.68 Å². The maximum atomic E-state index is 15.2. The zero-order valence-electron chi connectivity index (χ0n) is 21.2. The SMILES string of the molecule is CC(Oc1ccc2c(c1)c(/C=C(\F)c1ccc(CN)nc1)nn2C(=O)OC(C)(C)C)c1c(Cl)cncc1Cl. The lowest BCUT2D eigenvalue weighted by Crippen LogP contribution is -2.27. The van der Waals surface area contributed by atoms with Crippen molar-refractivity contribution < 1.29 is 18.7 Å². The normalized spacial score (nSPS) is 13.0. The fourth-order valence-corrected chi connectivity index (χ4v) is 4.38. The molecule has 0 aliphatic carbocycles. The van der Waals surface area contributed by atoms with E-state index in [1.54, 1.807) is 58.0 Å². The molecule has 38 heavy (non-hydrogen) atoms. The molecule has 11 heteroatoms. The highest BCUT2D eigenvalue weighted by Crippen LogP contribution is 2.34. The predicted octanol–water partition coefficient (Wildman–Crippen LogP) is 6.98. The third-order valence-corrected chi connectivity index (χ3v) is 6.03. The minimum atomic E-state index is -0.755. The number of hydrogen-bond acceptors (Lipinski definition) is 7. The number of rotatable bonds is 6. The van der Waals surface area contributed by atoms with E-state index in [0.29, 0.717) is 38.0 Å². The van der Waals surface area contributed by atoms with Crippen molar-refractivity contribution in [3.63, 3.8) is 0 Å². The van der Waals surface area contributed by atoms with Gasteiger partial charge in [0.05, 0.1) is 26.9 Å². The first kappa shape index (κ1) is 27.5. The summed E-state index contributed by atoms with van der Waals surface area (Å²) >= 11 is 12.6. The van der Waals surface area contributed by atoms with Gasteiger partial charge in [0.2, 0.25) is 0 Å². The Morgan fingerprint density at radius 1 is 1.16 bits per heavy atom. The van der Waals surface area contributed by atoms with E-state index in [9.17, 15) is 4.79 Å². The molecule has 2 N–H and O–H groups in total. The number of fused-ring (bicyclic) bond motifs is 1. The number of nitrogens with two attached hydrogens (primary N) is 1. The van der Waals surface area contributed by atoms with E-state index in [-0.39, 0.29) is 17.8 Å². The van der Waals surface area contributed by atoms with Crippen molar-refractivity contribution in [1.29, 1.82) is 0 Å². The molecule has 0 aliphatic rings. The monoisotopic (exact) mass is 557 g/mol. The summed E-state index contributed by atoms with van der Waals surface area (Å²) in [4.78, 5) is 21.0. The van der Waals surface area contributed by atoms with Gasteiger partial charge < -0.3 is 15.2 Å². The Morgan fingerprint density at radius 2 is 1.87 bits per heavy atom. The van der Waals surface area contributed by atoms with Gasteiger partial charge in [-0.1, -0.05) is 23.2 Å². The van der Waals surface area contributed by atoms with E-state index < -0.39 is 23.6 Å². The lowest BCUT2D eigenvalue weighted by molar-refractivity contribution is 0.0522. The topological polar surface area (TPSA) is 105 Å². The third kappa shape index (κ3) is 6.12. The van der Waals surface area contributed by atoms with E-state index in [1.165, 1.54) is 24.7 Å². The van der Waals surface area contributed by atoms with Gasteiger partial charge in [-0.15, -0.1) is 0 Å². The van der Waals surface area contributed by atoms with Crippen LogP contribution >= 0.6 is 23.2 Å². The molecule has 0 aliphatic heterocycles. The minimum absolute atomic E-state index is 0.198. The molecule has 4 rings (SSSR count). The fourth-order valence-electron chi connectivity index (χ4n) is 3.71. The summed E-state index contributed by atoms with van der Waals surface area (Å²) in [6, 6.07) is 8.20. The van der Waals surface area contributed by atoms with Crippen molar-refractivity contribution in [2.45, 2.75) is 45.9 Å². The molecule has 1 aromatic carbocycles. The molecule has 3 aromatic heterocycles. The summed E-state index contributed by atoms with van der Waals surface area (Å²) in [7, 11) is 0. The summed E-state index contributed by atoms with van der Waals surface area (Å²) in [5.74, 6) is -0.159. The summed E-state index contributed by atoms with van der Waals surface area (Å²) in [6.07, 6.45) is 4.35. The zero-order valence-corrected chi connectivity index (χ0v) is 22.7. The van der Waals surface area contributed by atoms with Crippen LogP contribution in [0.25, 0.3) is 22.8 Å². The number of nitrogens with zero attached hydrogens (tertiary/aromatic N) is 4. The lowest BCUT2D eigenvalue weighted by atomic mass is 10.1. The summed E-state index contributed by atoms with van der Waals surface area (Å²) in [6.45, 7) is 7.28. The third-order valence-electron chi connectivity index (χ3n) is 5.43. The number of aromatic nitrogens is 4. The van der Waals surface area contributed by atoms with E-state index >= 15 is 4.39 Å². The van der Waals surface area contributed by atoms with Crippen LogP contribution in [0.1, 0.15) is 56.3 Å². The Morgan fingerprint density at radius 3 is 2.47 bits per heavy atom. The Labute approximate surface area is 229 Å². The van der Waals surface area contributed by atoms with Crippen LogP contribution in [0.2, 0.25) is 10.0 Å². The van der Waals surface area contributed by atoms with Crippen molar-refractivity contribution in [2.24, 2.45) is 5.73 Å². The van der Waals surface area contributed by atoms with Crippen LogP contribution in [0.15, 0.2) is 48.9 Å². The van der Waals surface area contributed by atoms with Crippen molar-refractivity contribution in [1.82, 2.24) is 19.7 Å². The largest absolute Gasteiger partial charge is 0.486 e. The van der Waals surface area contributed by atoms with Gasteiger partial charge in [0.15, 0.2) is 0 Å². The summed E-state index contributed by atoms with van der Waals surface area (Å²) < 4.78 is 27.9. The molecule has 1 atom stereocenters. The number of carbonyl (C=O) groups excluding carboxylic acids is 1. The van der Waals surface area contributed by atoms with Gasteiger partial charge in [-0.3, -0.25) is 9.97 Å². The molecule has 8 nitrogen and oxygen atoms in total. The Bertz CT molecular complexity index is 1490. The molecule has 0 bridgehead atoms. The van der Waals surface area contributed by atoms with Crippen molar-refractivity contribution >= 4 is 52.1 Å². The van der Waals surface area contributed by atoms with Crippen LogP contribution in [0.4, 0.5) is 9.18 Å². The number of ether oxygens (including phenoxy) is 2. The highest BCUT2D eigenvalue weighted by Gasteiger charge is 2.23. The average Bonchev–Trinajstić information content (AvgIpc) is 3.20.